The first-order chi connectivity index (χ1) is 20.1. The molecule has 43 heavy (non-hydrogen) atoms. The second-order valence-electron chi connectivity index (χ2n) is 18.5. The first kappa shape index (κ1) is 32.0. The van der Waals surface area contributed by atoms with Gasteiger partial charge < -0.3 is 19.4 Å². The molecule has 1 heterocycles. The fraction of sp³-hybridized carbons (Fsp3) is 0.921. The summed E-state index contributed by atoms with van der Waals surface area (Å²) in [6.07, 6.45) is 13.3. The number of ether oxygens (including phenoxy) is 1. The third-order valence-corrected chi connectivity index (χ3v) is 16.3. The molecule has 0 radical (unpaired) electrons. The van der Waals surface area contributed by atoms with Crippen LogP contribution in [0.15, 0.2) is 12.2 Å². The summed E-state index contributed by atoms with van der Waals surface area (Å²) in [5.41, 5.74) is 2.24. The highest BCUT2D eigenvalue weighted by molar-refractivity contribution is 5.71. The van der Waals surface area contributed by atoms with Gasteiger partial charge in [-0.3, -0.25) is 0 Å². The van der Waals surface area contributed by atoms with Crippen molar-refractivity contribution in [2.45, 2.75) is 131 Å². The first-order valence-corrected chi connectivity index (χ1v) is 18.0. The zero-order valence-corrected chi connectivity index (χ0v) is 28.7. The molecule has 0 aromatic carbocycles. The van der Waals surface area contributed by atoms with Crippen molar-refractivity contribution in [3.63, 3.8) is 0 Å². The molecule has 0 aromatic heterocycles. The van der Waals surface area contributed by atoms with Gasteiger partial charge in [0.2, 0.25) is 0 Å². The minimum atomic E-state index is -0.219. The number of allylic oxidation sites excluding steroid dienone is 1. The van der Waals surface area contributed by atoms with Crippen LogP contribution in [0.5, 0.6) is 0 Å². The Morgan fingerprint density at radius 3 is 2.21 bits per heavy atom. The van der Waals surface area contributed by atoms with E-state index in [2.05, 4.69) is 55.2 Å². The molecule has 1 aliphatic heterocycles. The molecule has 0 amide bonds. The van der Waals surface area contributed by atoms with Gasteiger partial charge in [-0.05, 0) is 122 Å². The molecule has 0 spiro atoms. The number of piperidine rings is 1. The van der Waals surface area contributed by atoms with Crippen molar-refractivity contribution in [1.82, 2.24) is 0 Å². The Labute approximate surface area is 262 Å². The van der Waals surface area contributed by atoms with E-state index in [9.17, 15) is 15.0 Å². The zero-order valence-electron chi connectivity index (χ0n) is 28.7. The average molecular weight is 599 g/mol. The van der Waals surface area contributed by atoms with Crippen molar-refractivity contribution in [3.05, 3.63) is 12.2 Å². The van der Waals surface area contributed by atoms with Crippen molar-refractivity contribution < 1.29 is 24.2 Å². The summed E-state index contributed by atoms with van der Waals surface area (Å²) in [7, 11) is 2.15. The Morgan fingerprint density at radius 1 is 0.860 bits per heavy atom. The summed E-state index contributed by atoms with van der Waals surface area (Å²) in [4.78, 5) is 13.4. The lowest BCUT2D eigenvalue weighted by molar-refractivity contribution is -0.908. The normalized spacial score (nSPS) is 52.3. The van der Waals surface area contributed by atoms with Crippen LogP contribution >= 0.6 is 0 Å². The molecule has 0 aromatic rings. The Balaban J connectivity index is 1.22. The monoisotopic (exact) mass is 598 g/mol. The number of aliphatic hydroxyl groups excluding tert-OH is 2. The molecule has 2 N–H and O–H groups in total. The van der Waals surface area contributed by atoms with Gasteiger partial charge in [0, 0.05) is 24.9 Å². The largest absolute Gasteiger partial charge is 0.458 e. The number of carbonyl (C=O) groups is 1. The van der Waals surface area contributed by atoms with Gasteiger partial charge in [0.05, 0.1) is 26.2 Å². The molecule has 5 unspecified atom stereocenters. The number of aliphatic hydroxyl groups is 2. The van der Waals surface area contributed by atoms with E-state index in [0.717, 1.165) is 38.8 Å². The molecule has 6 fully saturated rings. The lowest BCUT2D eigenvalue weighted by atomic mass is 9.32. The van der Waals surface area contributed by atoms with E-state index >= 15 is 0 Å². The van der Waals surface area contributed by atoms with Crippen molar-refractivity contribution in [2.24, 2.45) is 56.7 Å². The maximum atomic E-state index is 13.4. The van der Waals surface area contributed by atoms with Crippen LogP contribution in [0.2, 0.25) is 0 Å². The molecule has 0 bridgehead atoms. The Morgan fingerprint density at radius 2 is 1.56 bits per heavy atom. The molecule has 1 saturated heterocycles. The molecule has 6 rings (SSSR count). The minimum Gasteiger partial charge on any atom is -0.458 e. The number of rotatable bonds is 5. The van der Waals surface area contributed by atoms with Crippen LogP contribution in [-0.2, 0) is 9.53 Å². The molecule has 5 aliphatic carbocycles. The molecule has 6 aliphatic rings. The Bertz CT molecular complexity index is 1110. The molecular formula is C38H64NO4+. The van der Waals surface area contributed by atoms with Gasteiger partial charge >= 0.3 is 5.97 Å². The van der Waals surface area contributed by atoms with Crippen molar-refractivity contribution in [2.75, 3.05) is 33.3 Å². The van der Waals surface area contributed by atoms with Crippen molar-refractivity contribution in [3.8, 4) is 0 Å². The van der Waals surface area contributed by atoms with Crippen LogP contribution in [0.3, 0.4) is 0 Å². The van der Waals surface area contributed by atoms with Crippen LogP contribution in [-0.4, -0.2) is 66.2 Å². The van der Waals surface area contributed by atoms with E-state index < -0.39 is 0 Å². The number of hydrogen-bond donors (Lipinski definition) is 2. The SMILES string of the molecule is C=C(C)[C@@H]1CC[C@]2(CO)CC[C@]3(C)C(CCC4[C@@]5(C)CCC(OC(=O)C[N+]6(C)CCC(O)CC6)C(C)(C)C5CC[C@]43C)C12. The van der Waals surface area contributed by atoms with Gasteiger partial charge in [-0.1, -0.05) is 46.8 Å². The minimum absolute atomic E-state index is 0.0222. The number of fused-ring (bicyclic) bond motifs is 7. The Kier molecular flexibility index (Phi) is 7.87. The summed E-state index contributed by atoms with van der Waals surface area (Å²) in [5, 5.41) is 20.8. The van der Waals surface area contributed by atoms with E-state index in [1.165, 1.54) is 56.9 Å². The number of nitrogens with zero attached hydrogens (tertiary/aromatic N) is 1. The Hall–Kier alpha value is -0.910. The average Bonchev–Trinajstić information content (AvgIpc) is 3.33. The predicted molar refractivity (Wildman–Crippen MR) is 172 cm³/mol. The summed E-state index contributed by atoms with van der Waals surface area (Å²) >= 11 is 0. The quantitative estimate of drug-likeness (QED) is 0.200. The molecule has 244 valence electrons. The number of likely N-dealkylation sites (tertiary alicyclic amines) is 1. The zero-order chi connectivity index (χ0) is 31.2. The van der Waals surface area contributed by atoms with Gasteiger partial charge in [-0.2, -0.15) is 0 Å². The molecule has 5 saturated carbocycles. The van der Waals surface area contributed by atoms with E-state index in [1.807, 2.05) is 0 Å². The number of esters is 1. The van der Waals surface area contributed by atoms with Crippen LogP contribution in [0.4, 0.5) is 0 Å². The molecule has 5 nitrogen and oxygen atoms in total. The summed E-state index contributed by atoms with van der Waals surface area (Å²) < 4.78 is 7.11. The smallest absolute Gasteiger partial charge is 0.362 e. The van der Waals surface area contributed by atoms with Gasteiger partial charge in [-0.15, -0.1) is 0 Å². The second-order valence-corrected chi connectivity index (χ2v) is 18.5. The number of hydrogen-bond acceptors (Lipinski definition) is 4. The van der Waals surface area contributed by atoms with Crippen LogP contribution in [0.1, 0.15) is 119 Å². The summed E-state index contributed by atoms with van der Waals surface area (Å²) in [6, 6.07) is 0. The second kappa shape index (κ2) is 10.6. The van der Waals surface area contributed by atoms with Crippen LogP contribution < -0.4 is 0 Å². The van der Waals surface area contributed by atoms with E-state index in [4.69, 9.17) is 4.74 Å². The highest BCUT2D eigenvalue weighted by Gasteiger charge is 2.71. The van der Waals surface area contributed by atoms with Crippen molar-refractivity contribution >= 4 is 5.97 Å². The molecular weight excluding hydrogens is 534 g/mol. The summed E-state index contributed by atoms with van der Waals surface area (Å²) in [6.45, 7) is 22.0. The molecule has 10 atom stereocenters. The van der Waals surface area contributed by atoms with Gasteiger partial charge in [0.15, 0.2) is 6.54 Å². The van der Waals surface area contributed by atoms with Crippen molar-refractivity contribution in [1.29, 1.82) is 0 Å². The van der Waals surface area contributed by atoms with Crippen LogP contribution in [0, 0.1) is 56.7 Å². The van der Waals surface area contributed by atoms with E-state index in [1.54, 1.807) is 0 Å². The fourth-order valence-corrected chi connectivity index (χ4v) is 13.6. The fourth-order valence-electron chi connectivity index (χ4n) is 13.6. The predicted octanol–water partition coefficient (Wildman–Crippen LogP) is 7.15. The van der Waals surface area contributed by atoms with E-state index in [-0.39, 0.29) is 34.4 Å². The van der Waals surface area contributed by atoms with Gasteiger partial charge in [-0.25, -0.2) is 4.79 Å². The van der Waals surface area contributed by atoms with Gasteiger partial charge in [0.25, 0.3) is 0 Å². The first-order valence-electron chi connectivity index (χ1n) is 18.0. The topological polar surface area (TPSA) is 66.8 Å². The molecule has 5 heteroatoms. The third-order valence-electron chi connectivity index (χ3n) is 16.3. The van der Waals surface area contributed by atoms with Gasteiger partial charge in [0.1, 0.15) is 6.10 Å². The number of carbonyl (C=O) groups excluding carboxylic acids is 1. The number of likely N-dealkylation sites (N-methyl/N-ethyl adjacent to an activating group) is 1. The third kappa shape index (κ3) is 4.66. The maximum absolute atomic E-state index is 13.4. The highest BCUT2D eigenvalue weighted by atomic mass is 16.5. The summed E-state index contributed by atoms with van der Waals surface area (Å²) in [5.74, 6) is 3.00. The lowest BCUT2D eigenvalue weighted by Gasteiger charge is -2.73. The standard InChI is InChI=1S/C38H64NO4/c1-25(2)27-11-18-38(24-40)20-19-36(6)28(33(27)38)9-10-30-35(5)16-13-31(34(3,4)29(35)12-17-37(30,36)7)43-32(42)23-39(8)21-14-26(41)15-22-39/h26-31,33,40-41H,1,9-24H2,2-8H3/q+1/t26?,27-,28?,29?,30?,31?,33?,35-,36+,37+,38+,39?/m0/s1. The number of quaternary nitrogens is 1. The maximum Gasteiger partial charge on any atom is 0.362 e. The highest BCUT2D eigenvalue weighted by Crippen LogP contribution is 2.77. The van der Waals surface area contributed by atoms with Crippen LogP contribution in [0.25, 0.3) is 0 Å². The van der Waals surface area contributed by atoms with E-state index in [0.29, 0.717) is 58.1 Å². The lowest BCUT2D eigenvalue weighted by Crippen LogP contribution is -2.67.